The number of thiophene rings is 1. The number of carbonyl (C=O) groups excluding carboxylic acids is 1. The SMILES string of the molecule is COCCNCC(=O)NCc1cccs1.Cl. The van der Waals surface area contributed by atoms with Gasteiger partial charge in [0.15, 0.2) is 0 Å². The minimum Gasteiger partial charge on any atom is -0.383 e. The normalized spacial score (nSPS) is 9.56. The monoisotopic (exact) mass is 264 g/mol. The van der Waals surface area contributed by atoms with E-state index in [0.717, 1.165) is 0 Å². The van der Waals surface area contributed by atoms with Crippen LogP contribution in [0.1, 0.15) is 4.88 Å². The number of hydrogen-bond acceptors (Lipinski definition) is 4. The highest BCUT2D eigenvalue weighted by Gasteiger charge is 2.00. The summed E-state index contributed by atoms with van der Waals surface area (Å²) in [7, 11) is 1.64. The lowest BCUT2D eigenvalue weighted by atomic mass is 10.4. The summed E-state index contributed by atoms with van der Waals surface area (Å²) < 4.78 is 4.85. The molecule has 1 amide bonds. The molecule has 1 rings (SSSR count). The fourth-order valence-electron chi connectivity index (χ4n) is 1.04. The van der Waals surface area contributed by atoms with Crippen LogP contribution in [-0.4, -0.2) is 32.7 Å². The fourth-order valence-corrected chi connectivity index (χ4v) is 1.68. The smallest absolute Gasteiger partial charge is 0.234 e. The molecule has 1 aromatic heterocycles. The lowest BCUT2D eigenvalue weighted by Crippen LogP contribution is -2.34. The summed E-state index contributed by atoms with van der Waals surface area (Å²) in [4.78, 5) is 12.5. The molecule has 1 heterocycles. The summed E-state index contributed by atoms with van der Waals surface area (Å²) in [6.07, 6.45) is 0. The molecule has 0 saturated heterocycles. The highest BCUT2D eigenvalue weighted by Crippen LogP contribution is 2.06. The molecule has 16 heavy (non-hydrogen) atoms. The van der Waals surface area contributed by atoms with E-state index in [0.29, 0.717) is 26.2 Å². The maximum atomic E-state index is 11.3. The Bertz CT molecular complexity index is 280. The Balaban J connectivity index is 0.00000225. The van der Waals surface area contributed by atoms with Crippen LogP contribution < -0.4 is 10.6 Å². The average molecular weight is 265 g/mol. The molecular weight excluding hydrogens is 248 g/mol. The highest BCUT2D eigenvalue weighted by molar-refractivity contribution is 7.09. The van der Waals surface area contributed by atoms with Crippen LogP contribution in [0.3, 0.4) is 0 Å². The van der Waals surface area contributed by atoms with Crippen molar-refractivity contribution in [3.8, 4) is 0 Å². The molecule has 4 nitrogen and oxygen atoms in total. The molecule has 0 saturated carbocycles. The van der Waals surface area contributed by atoms with E-state index < -0.39 is 0 Å². The number of methoxy groups -OCH3 is 1. The first-order chi connectivity index (χ1) is 7.33. The number of halogens is 1. The molecule has 0 aliphatic carbocycles. The molecule has 0 aliphatic heterocycles. The summed E-state index contributed by atoms with van der Waals surface area (Å²) in [6.45, 7) is 2.28. The van der Waals surface area contributed by atoms with Gasteiger partial charge in [-0.3, -0.25) is 4.79 Å². The van der Waals surface area contributed by atoms with Crippen molar-refractivity contribution in [1.29, 1.82) is 0 Å². The van der Waals surface area contributed by atoms with Crippen LogP contribution in [0.2, 0.25) is 0 Å². The van der Waals surface area contributed by atoms with E-state index in [4.69, 9.17) is 4.74 Å². The number of nitrogens with one attached hydrogen (secondary N) is 2. The van der Waals surface area contributed by atoms with Crippen LogP contribution in [0.15, 0.2) is 17.5 Å². The summed E-state index contributed by atoms with van der Waals surface area (Å²) in [5.74, 6) is 0.0134. The van der Waals surface area contributed by atoms with Gasteiger partial charge in [0, 0.05) is 18.5 Å². The molecule has 2 N–H and O–H groups in total. The molecular formula is C10H17ClN2O2S. The molecule has 92 valence electrons. The molecule has 1 aromatic rings. The maximum Gasteiger partial charge on any atom is 0.234 e. The summed E-state index contributed by atoms with van der Waals surface area (Å²) >= 11 is 1.64. The Morgan fingerprint density at radius 1 is 1.56 bits per heavy atom. The van der Waals surface area contributed by atoms with E-state index in [-0.39, 0.29) is 18.3 Å². The number of amides is 1. The Morgan fingerprint density at radius 3 is 3.00 bits per heavy atom. The van der Waals surface area contributed by atoms with Gasteiger partial charge in [0.05, 0.1) is 19.7 Å². The Kier molecular flexibility index (Phi) is 9.22. The van der Waals surface area contributed by atoms with Crippen molar-refractivity contribution in [2.24, 2.45) is 0 Å². The molecule has 0 atom stereocenters. The van der Waals surface area contributed by atoms with E-state index in [1.165, 1.54) is 4.88 Å². The summed E-state index contributed by atoms with van der Waals surface area (Å²) in [5.41, 5.74) is 0. The van der Waals surface area contributed by atoms with Crippen LogP contribution in [0.25, 0.3) is 0 Å². The summed E-state index contributed by atoms with van der Waals surface area (Å²) in [5, 5.41) is 7.81. The van der Waals surface area contributed by atoms with Gasteiger partial charge in [-0.2, -0.15) is 0 Å². The lowest BCUT2D eigenvalue weighted by Gasteiger charge is -2.04. The number of hydrogen-bond donors (Lipinski definition) is 2. The van der Waals surface area contributed by atoms with Gasteiger partial charge in [0.25, 0.3) is 0 Å². The number of rotatable bonds is 7. The Hall–Kier alpha value is -0.620. The highest BCUT2D eigenvalue weighted by atomic mass is 35.5. The van der Waals surface area contributed by atoms with Gasteiger partial charge in [-0.1, -0.05) is 6.07 Å². The second kappa shape index (κ2) is 9.59. The Labute approximate surface area is 106 Å². The zero-order chi connectivity index (χ0) is 10.9. The lowest BCUT2D eigenvalue weighted by molar-refractivity contribution is -0.120. The van der Waals surface area contributed by atoms with Crippen molar-refractivity contribution in [3.05, 3.63) is 22.4 Å². The third-order valence-corrected chi connectivity index (χ3v) is 2.68. The van der Waals surface area contributed by atoms with Gasteiger partial charge in [-0.25, -0.2) is 0 Å². The molecule has 0 aromatic carbocycles. The zero-order valence-electron chi connectivity index (χ0n) is 9.19. The maximum absolute atomic E-state index is 11.3. The molecule has 0 bridgehead atoms. The van der Waals surface area contributed by atoms with E-state index in [1.807, 2.05) is 17.5 Å². The van der Waals surface area contributed by atoms with E-state index in [1.54, 1.807) is 18.4 Å². The van der Waals surface area contributed by atoms with Crippen LogP contribution in [-0.2, 0) is 16.1 Å². The summed E-state index contributed by atoms with van der Waals surface area (Å²) in [6, 6.07) is 3.98. The van der Waals surface area contributed by atoms with E-state index in [2.05, 4.69) is 10.6 Å². The quantitative estimate of drug-likeness (QED) is 0.723. The first-order valence-electron chi connectivity index (χ1n) is 4.81. The van der Waals surface area contributed by atoms with Gasteiger partial charge >= 0.3 is 0 Å². The standard InChI is InChI=1S/C10H16N2O2S.ClH/c1-14-5-4-11-8-10(13)12-7-9-3-2-6-15-9;/h2-3,6,11H,4-5,7-8H2,1H3,(H,12,13);1H. The van der Waals surface area contributed by atoms with Crippen molar-refractivity contribution in [3.63, 3.8) is 0 Å². The molecule has 6 heteroatoms. The molecule has 0 fully saturated rings. The van der Waals surface area contributed by atoms with Gasteiger partial charge in [-0.15, -0.1) is 23.7 Å². The van der Waals surface area contributed by atoms with Gasteiger partial charge in [-0.05, 0) is 11.4 Å². The second-order valence-electron chi connectivity index (χ2n) is 3.03. The Morgan fingerprint density at radius 2 is 2.38 bits per heavy atom. The van der Waals surface area contributed by atoms with Crippen LogP contribution in [0, 0.1) is 0 Å². The average Bonchev–Trinajstić information content (AvgIpc) is 2.74. The fraction of sp³-hybridized carbons (Fsp3) is 0.500. The van der Waals surface area contributed by atoms with Crippen molar-refractivity contribution in [2.45, 2.75) is 6.54 Å². The topological polar surface area (TPSA) is 50.4 Å². The van der Waals surface area contributed by atoms with Gasteiger partial charge in [0.1, 0.15) is 0 Å². The zero-order valence-corrected chi connectivity index (χ0v) is 10.8. The number of ether oxygens (including phenoxy) is 1. The predicted molar refractivity (Wildman–Crippen MR) is 68.2 cm³/mol. The molecule has 0 spiro atoms. The third kappa shape index (κ3) is 6.79. The predicted octanol–water partition coefficient (Wildman–Crippen LogP) is 1.02. The third-order valence-electron chi connectivity index (χ3n) is 1.81. The molecule has 0 aliphatic rings. The minimum atomic E-state index is 0. The van der Waals surface area contributed by atoms with Crippen molar-refractivity contribution in [1.82, 2.24) is 10.6 Å². The first-order valence-corrected chi connectivity index (χ1v) is 5.69. The second-order valence-corrected chi connectivity index (χ2v) is 4.06. The first kappa shape index (κ1) is 15.4. The minimum absolute atomic E-state index is 0. The molecule has 0 unspecified atom stereocenters. The van der Waals surface area contributed by atoms with Crippen molar-refractivity contribution >= 4 is 29.7 Å². The van der Waals surface area contributed by atoms with Crippen LogP contribution >= 0.6 is 23.7 Å². The molecule has 0 radical (unpaired) electrons. The number of carbonyl (C=O) groups is 1. The van der Waals surface area contributed by atoms with Gasteiger partial charge in [0.2, 0.25) is 5.91 Å². The van der Waals surface area contributed by atoms with E-state index >= 15 is 0 Å². The van der Waals surface area contributed by atoms with Crippen molar-refractivity contribution in [2.75, 3.05) is 26.8 Å². The largest absolute Gasteiger partial charge is 0.383 e. The van der Waals surface area contributed by atoms with Crippen LogP contribution in [0.4, 0.5) is 0 Å². The van der Waals surface area contributed by atoms with Crippen LogP contribution in [0.5, 0.6) is 0 Å². The van der Waals surface area contributed by atoms with Gasteiger partial charge < -0.3 is 15.4 Å². The van der Waals surface area contributed by atoms with E-state index in [9.17, 15) is 4.79 Å². The van der Waals surface area contributed by atoms with Crippen molar-refractivity contribution < 1.29 is 9.53 Å².